The molecule has 29 heavy (non-hydrogen) atoms. The van der Waals surface area contributed by atoms with Crippen LogP contribution in [0.4, 0.5) is 11.4 Å². The Hall–Kier alpha value is -2.78. The summed E-state index contributed by atoms with van der Waals surface area (Å²) in [6.45, 7) is 1.13. The van der Waals surface area contributed by atoms with Crippen LogP contribution in [0.2, 0.25) is 5.02 Å². The summed E-state index contributed by atoms with van der Waals surface area (Å²) in [5.41, 5.74) is 1.29. The van der Waals surface area contributed by atoms with E-state index in [4.69, 9.17) is 21.1 Å². The highest BCUT2D eigenvalue weighted by Gasteiger charge is 2.25. The number of hydrogen-bond donors (Lipinski definition) is 1. The van der Waals surface area contributed by atoms with E-state index in [1.807, 2.05) is 0 Å². The fraction of sp³-hybridized carbons (Fsp3) is 0.263. The van der Waals surface area contributed by atoms with Gasteiger partial charge in [0.25, 0.3) is 0 Å². The summed E-state index contributed by atoms with van der Waals surface area (Å²) < 4.78 is 35.5. The third kappa shape index (κ3) is 5.39. The molecule has 10 heteroatoms. The summed E-state index contributed by atoms with van der Waals surface area (Å²) in [5, 5.41) is 2.92. The number of halogens is 1. The predicted molar refractivity (Wildman–Crippen MR) is 111 cm³/mol. The third-order valence-electron chi connectivity index (χ3n) is 4.11. The molecule has 0 aliphatic heterocycles. The maximum absolute atomic E-state index is 12.6. The van der Waals surface area contributed by atoms with Gasteiger partial charge in [0.2, 0.25) is 15.9 Å². The molecule has 0 radical (unpaired) electrons. The van der Waals surface area contributed by atoms with Gasteiger partial charge in [-0.1, -0.05) is 17.7 Å². The first kappa shape index (κ1) is 22.5. The lowest BCUT2D eigenvalue weighted by molar-refractivity contribution is -0.114. The van der Waals surface area contributed by atoms with Gasteiger partial charge in [0.15, 0.2) is 0 Å². The van der Waals surface area contributed by atoms with Gasteiger partial charge in [-0.05, 0) is 42.8 Å². The Morgan fingerprint density at radius 2 is 1.86 bits per heavy atom. The number of benzene rings is 2. The first-order valence-corrected chi connectivity index (χ1v) is 10.6. The highest BCUT2D eigenvalue weighted by atomic mass is 35.5. The second-order valence-electron chi connectivity index (χ2n) is 6.10. The van der Waals surface area contributed by atoms with E-state index in [-0.39, 0.29) is 16.5 Å². The Balaban J connectivity index is 2.34. The van der Waals surface area contributed by atoms with Gasteiger partial charge in [-0.3, -0.25) is 9.10 Å². The summed E-state index contributed by atoms with van der Waals surface area (Å²) in [7, 11) is -1.19. The Labute approximate surface area is 174 Å². The van der Waals surface area contributed by atoms with E-state index < -0.39 is 28.4 Å². The smallest absolute Gasteiger partial charge is 0.338 e. The van der Waals surface area contributed by atoms with Crippen LogP contribution in [-0.2, 0) is 19.6 Å². The van der Waals surface area contributed by atoms with Crippen molar-refractivity contribution in [1.82, 2.24) is 0 Å². The summed E-state index contributed by atoms with van der Waals surface area (Å²) >= 11 is 5.99. The number of esters is 1. The van der Waals surface area contributed by atoms with Gasteiger partial charge in [0.05, 0.1) is 31.7 Å². The minimum Gasteiger partial charge on any atom is -0.495 e. The molecule has 0 saturated carbocycles. The molecule has 2 rings (SSSR count). The van der Waals surface area contributed by atoms with Crippen molar-refractivity contribution < 1.29 is 27.5 Å². The van der Waals surface area contributed by atoms with Crippen molar-refractivity contribution in [2.45, 2.75) is 6.92 Å². The third-order valence-corrected chi connectivity index (χ3v) is 5.47. The van der Waals surface area contributed by atoms with Crippen LogP contribution in [0.15, 0.2) is 36.4 Å². The Kier molecular flexibility index (Phi) is 7.10. The van der Waals surface area contributed by atoms with E-state index in [1.165, 1.54) is 26.4 Å². The van der Waals surface area contributed by atoms with Crippen molar-refractivity contribution in [2.24, 2.45) is 0 Å². The molecule has 0 fully saturated rings. The molecule has 0 aliphatic carbocycles. The van der Waals surface area contributed by atoms with E-state index in [9.17, 15) is 18.0 Å². The number of sulfonamides is 1. The summed E-state index contributed by atoms with van der Waals surface area (Å²) in [6, 6.07) is 9.21. The molecule has 0 spiro atoms. The quantitative estimate of drug-likeness (QED) is 0.664. The largest absolute Gasteiger partial charge is 0.495 e. The van der Waals surface area contributed by atoms with Gasteiger partial charge >= 0.3 is 5.97 Å². The van der Waals surface area contributed by atoms with E-state index >= 15 is 0 Å². The lowest BCUT2D eigenvalue weighted by atomic mass is 10.1. The van der Waals surface area contributed by atoms with Crippen LogP contribution in [0.3, 0.4) is 0 Å². The molecule has 2 aromatic rings. The first-order valence-electron chi connectivity index (χ1n) is 8.37. The van der Waals surface area contributed by atoms with Gasteiger partial charge in [-0.2, -0.15) is 0 Å². The lowest BCUT2D eigenvalue weighted by Crippen LogP contribution is -2.37. The number of methoxy groups -OCH3 is 2. The average molecular weight is 441 g/mol. The van der Waals surface area contributed by atoms with Gasteiger partial charge in [-0.25, -0.2) is 13.2 Å². The number of nitrogens with one attached hydrogen (secondary N) is 1. The molecule has 8 nitrogen and oxygen atoms in total. The monoisotopic (exact) mass is 440 g/mol. The van der Waals surface area contributed by atoms with Gasteiger partial charge in [0, 0.05) is 10.7 Å². The summed E-state index contributed by atoms with van der Waals surface area (Å²) in [5.74, 6) is -0.904. The average Bonchev–Trinajstić information content (AvgIpc) is 2.66. The van der Waals surface area contributed by atoms with Crippen molar-refractivity contribution in [3.05, 3.63) is 52.5 Å². The normalized spacial score (nSPS) is 10.9. The zero-order chi connectivity index (χ0) is 21.8. The molecular formula is C19H21ClN2O6S. The predicted octanol–water partition coefficient (Wildman–Crippen LogP) is 2.85. The van der Waals surface area contributed by atoms with Gasteiger partial charge in [0.1, 0.15) is 12.3 Å². The standard InChI is InChI=1S/C19H21ClN2O6S/c1-12-14(19(24)28-3)6-5-7-15(12)21-18(23)11-22(29(4,25)26)16-10-13(20)8-9-17(16)27-2/h5-10H,11H2,1-4H3,(H,21,23). The summed E-state index contributed by atoms with van der Waals surface area (Å²) in [6.07, 6.45) is 0.976. The van der Waals surface area contributed by atoms with Gasteiger partial charge in [-0.15, -0.1) is 0 Å². The molecule has 0 aliphatic rings. The highest BCUT2D eigenvalue weighted by molar-refractivity contribution is 7.92. The van der Waals surface area contributed by atoms with Crippen LogP contribution >= 0.6 is 11.6 Å². The number of nitrogens with zero attached hydrogens (tertiary/aromatic N) is 1. The van der Waals surface area contributed by atoms with Crippen LogP contribution in [0.25, 0.3) is 0 Å². The summed E-state index contributed by atoms with van der Waals surface area (Å²) in [4.78, 5) is 24.4. The number of carbonyl (C=O) groups is 2. The van der Waals surface area contributed by atoms with Crippen LogP contribution in [0, 0.1) is 6.92 Å². The fourth-order valence-electron chi connectivity index (χ4n) is 2.66. The number of carbonyl (C=O) groups excluding carboxylic acids is 2. The van der Waals surface area contributed by atoms with Crippen molar-refractivity contribution in [2.75, 3.05) is 36.6 Å². The molecule has 0 heterocycles. The Bertz CT molecular complexity index is 1040. The van der Waals surface area contributed by atoms with Crippen molar-refractivity contribution >= 4 is 44.9 Å². The number of amides is 1. The van der Waals surface area contributed by atoms with Crippen LogP contribution in [-0.4, -0.2) is 47.3 Å². The maximum Gasteiger partial charge on any atom is 0.338 e. The van der Waals surface area contributed by atoms with Gasteiger partial charge < -0.3 is 14.8 Å². The van der Waals surface area contributed by atoms with Crippen LogP contribution < -0.4 is 14.4 Å². The lowest BCUT2D eigenvalue weighted by Gasteiger charge is -2.24. The molecule has 0 aromatic heterocycles. The van der Waals surface area contributed by atoms with E-state index in [0.717, 1.165) is 10.6 Å². The van der Waals surface area contributed by atoms with Crippen molar-refractivity contribution in [3.8, 4) is 5.75 Å². The van der Waals surface area contributed by atoms with Crippen molar-refractivity contribution in [1.29, 1.82) is 0 Å². The molecule has 2 aromatic carbocycles. The molecular weight excluding hydrogens is 420 g/mol. The van der Waals surface area contributed by atoms with E-state index in [1.54, 1.807) is 31.2 Å². The molecule has 0 saturated heterocycles. The minimum atomic E-state index is -3.83. The maximum atomic E-state index is 12.6. The van der Waals surface area contributed by atoms with E-state index in [0.29, 0.717) is 16.8 Å². The van der Waals surface area contributed by atoms with Crippen molar-refractivity contribution in [3.63, 3.8) is 0 Å². The molecule has 0 bridgehead atoms. The molecule has 1 amide bonds. The first-order chi connectivity index (χ1) is 13.6. The number of anilines is 2. The zero-order valence-electron chi connectivity index (χ0n) is 16.4. The minimum absolute atomic E-state index is 0.137. The van der Waals surface area contributed by atoms with E-state index in [2.05, 4.69) is 5.32 Å². The number of hydrogen-bond acceptors (Lipinski definition) is 6. The molecule has 1 N–H and O–H groups in total. The topological polar surface area (TPSA) is 102 Å². The van der Waals surface area contributed by atoms with Crippen LogP contribution in [0.5, 0.6) is 5.75 Å². The Morgan fingerprint density at radius 1 is 1.17 bits per heavy atom. The zero-order valence-corrected chi connectivity index (χ0v) is 17.9. The molecule has 0 atom stereocenters. The highest BCUT2D eigenvalue weighted by Crippen LogP contribution is 2.32. The molecule has 0 unspecified atom stereocenters. The number of ether oxygens (including phenoxy) is 2. The van der Waals surface area contributed by atoms with Crippen LogP contribution in [0.1, 0.15) is 15.9 Å². The Morgan fingerprint density at radius 3 is 2.45 bits per heavy atom. The second kappa shape index (κ2) is 9.15. The SMILES string of the molecule is COC(=O)c1cccc(NC(=O)CN(c2cc(Cl)ccc2OC)S(C)(=O)=O)c1C. The number of rotatable bonds is 7. The molecule has 156 valence electrons. The second-order valence-corrected chi connectivity index (χ2v) is 8.45. The fourth-order valence-corrected chi connectivity index (χ4v) is 3.68.